The predicted octanol–water partition coefficient (Wildman–Crippen LogP) is 3.75. The van der Waals surface area contributed by atoms with E-state index in [0.29, 0.717) is 11.4 Å². The van der Waals surface area contributed by atoms with Crippen molar-refractivity contribution < 1.29 is 9.59 Å². The highest BCUT2D eigenvalue weighted by Gasteiger charge is 2.31. The molecule has 1 aliphatic heterocycles. The van der Waals surface area contributed by atoms with Crippen LogP contribution < -0.4 is 10.2 Å². The third-order valence-corrected chi connectivity index (χ3v) is 5.84. The van der Waals surface area contributed by atoms with E-state index in [1.807, 2.05) is 96.5 Å². The summed E-state index contributed by atoms with van der Waals surface area (Å²) >= 11 is 0. The largest absolute Gasteiger partial charge is 0.340 e. The quantitative estimate of drug-likeness (QED) is 0.547. The van der Waals surface area contributed by atoms with Crippen molar-refractivity contribution in [2.24, 2.45) is 12.0 Å². The van der Waals surface area contributed by atoms with Crippen molar-refractivity contribution in [3.8, 4) is 0 Å². The molecule has 4 aromatic rings. The number of nitrogens with zero attached hydrogens (tertiary/aromatic N) is 3. The highest BCUT2D eigenvalue weighted by atomic mass is 16.2. The summed E-state index contributed by atoms with van der Waals surface area (Å²) in [6, 6.07) is 26.9. The van der Waals surface area contributed by atoms with Gasteiger partial charge in [-0.1, -0.05) is 66.7 Å². The van der Waals surface area contributed by atoms with Gasteiger partial charge in [0.2, 0.25) is 6.17 Å². The molecule has 32 heavy (non-hydrogen) atoms. The Morgan fingerprint density at radius 2 is 1.59 bits per heavy atom. The summed E-state index contributed by atoms with van der Waals surface area (Å²) in [4.78, 5) is 32.8. The van der Waals surface area contributed by atoms with Crippen molar-refractivity contribution in [1.82, 2.24) is 9.88 Å². The number of aryl methyl sites for hydroxylation is 1. The average molecular weight is 422 g/mol. The smallest absolute Gasteiger partial charge is 0.272 e. The summed E-state index contributed by atoms with van der Waals surface area (Å²) in [6.45, 7) is 0. The summed E-state index contributed by atoms with van der Waals surface area (Å²) in [5, 5.41) is 3.82. The lowest BCUT2D eigenvalue weighted by molar-refractivity contribution is -0.119. The number of benzodiazepines with no additional fused rings is 1. The van der Waals surface area contributed by atoms with Gasteiger partial charge in [-0.15, -0.1) is 0 Å². The van der Waals surface area contributed by atoms with E-state index in [1.165, 1.54) is 0 Å². The fourth-order valence-electron chi connectivity index (χ4n) is 4.15. The third-order valence-electron chi connectivity index (χ3n) is 5.84. The minimum Gasteiger partial charge on any atom is -0.340 e. The van der Waals surface area contributed by atoms with Crippen LogP contribution in [-0.2, 0) is 11.8 Å². The summed E-state index contributed by atoms with van der Waals surface area (Å²) in [5.74, 6) is -0.645. The van der Waals surface area contributed by atoms with E-state index in [1.54, 1.807) is 11.9 Å². The lowest BCUT2D eigenvalue weighted by atomic mass is 10.0. The molecule has 2 heterocycles. The van der Waals surface area contributed by atoms with Crippen LogP contribution in [0.3, 0.4) is 0 Å². The summed E-state index contributed by atoms with van der Waals surface area (Å²) in [5.41, 5.74) is 4.56. The van der Waals surface area contributed by atoms with Gasteiger partial charge in [0.25, 0.3) is 11.8 Å². The Labute approximate surface area is 185 Å². The molecule has 0 fully saturated rings. The summed E-state index contributed by atoms with van der Waals surface area (Å²) in [7, 11) is 3.55. The fourth-order valence-corrected chi connectivity index (χ4v) is 4.15. The van der Waals surface area contributed by atoms with E-state index in [-0.39, 0.29) is 11.8 Å². The van der Waals surface area contributed by atoms with Crippen molar-refractivity contribution in [1.29, 1.82) is 0 Å². The molecule has 0 unspecified atom stereocenters. The van der Waals surface area contributed by atoms with Crippen LogP contribution in [0.15, 0.2) is 89.9 Å². The van der Waals surface area contributed by atoms with Crippen molar-refractivity contribution in [2.45, 2.75) is 6.17 Å². The number of nitrogens with one attached hydrogen (secondary N) is 1. The second-order valence-corrected chi connectivity index (χ2v) is 7.78. The molecular formula is C26H22N4O2. The Kier molecular flexibility index (Phi) is 4.82. The summed E-state index contributed by atoms with van der Waals surface area (Å²) in [6.07, 6.45) is -1.05. The first-order valence-electron chi connectivity index (χ1n) is 10.4. The number of aliphatic imine (C=N–C) groups is 1. The molecular weight excluding hydrogens is 400 g/mol. The number of fused-ring (bicyclic) bond motifs is 2. The Hall–Kier alpha value is -4.19. The standard InChI is InChI=1S/C26H22N4O2/c1-29-20-14-8-6-12-18(20)16-22(29)25(31)28-24-26(32)30(2)21-15-9-7-13-19(21)23(27-24)17-10-4-3-5-11-17/h3-16,24H,1-2H3,(H,28,31)/t24-/m1/s1. The van der Waals surface area contributed by atoms with Crippen LogP contribution in [0.1, 0.15) is 21.6 Å². The second kappa shape index (κ2) is 7.81. The first kappa shape index (κ1) is 19.8. The normalized spacial score (nSPS) is 15.8. The maximum atomic E-state index is 13.3. The number of aromatic nitrogens is 1. The van der Waals surface area contributed by atoms with Crippen LogP contribution in [0.4, 0.5) is 5.69 Å². The molecule has 158 valence electrons. The van der Waals surface area contributed by atoms with Crippen molar-refractivity contribution >= 4 is 34.1 Å². The van der Waals surface area contributed by atoms with Gasteiger partial charge in [0.05, 0.1) is 11.4 Å². The van der Waals surface area contributed by atoms with E-state index in [9.17, 15) is 9.59 Å². The number of hydrogen-bond donors (Lipinski definition) is 1. The van der Waals surface area contributed by atoms with Crippen LogP contribution >= 0.6 is 0 Å². The lowest BCUT2D eigenvalue weighted by Gasteiger charge is -2.21. The highest BCUT2D eigenvalue weighted by Crippen LogP contribution is 2.27. The third kappa shape index (κ3) is 3.26. The molecule has 6 nitrogen and oxygen atoms in total. The molecule has 3 aromatic carbocycles. The van der Waals surface area contributed by atoms with Gasteiger partial charge in [-0.3, -0.25) is 9.59 Å². The van der Waals surface area contributed by atoms with Gasteiger partial charge in [-0.25, -0.2) is 4.99 Å². The molecule has 0 bridgehead atoms. The van der Waals surface area contributed by atoms with Gasteiger partial charge in [-0.05, 0) is 18.2 Å². The molecule has 0 saturated heterocycles. The van der Waals surface area contributed by atoms with Gasteiger partial charge < -0.3 is 14.8 Å². The van der Waals surface area contributed by atoms with E-state index in [0.717, 1.165) is 27.7 Å². The number of rotatable bonds is 3. The van der Waals surface area contributed by atoms with E-state index in [2.05, 4.69) is 5.32 Å². The number of benzene rings is 3. The number of amides is 2. The Morgan fingerprint density at radius 3 is 2.38 bits per heavy atom. The van der Waals surface area contributed by atoms with E-state index >= 15 is 0 Å². The minimum atomic E-state index is -1.05. The number of para-hydroxylation sites is 2. The zero-order valence-electron chi connectivity index (χ0n) is 17.8. The Bertz CT molecular complexity index is 1370. The first-order chi connectivity index (χ1) is 15.5. The maximum Gasteiger partial charge on any atom is 0.272 e. The van der Waals surface area contributed by atoms with Crippen LogP contribution in [0.25, 0.3) is 10.9 Å². The fraction of sp³-hybridized carbons (Fsp3) is 0.115. The van der Waals surface area contributed by atoms with E-state index < -0.39 is 6.17 Å². The average Bonchev–Trinajstić information content (AvgIpc) is 3.13. The van der Waals surface area contributed by atoms with Crippen molar-refractivity contribution in [2.75, 3.05) is 11.9 Å². The van der Waals surface area contributed by atoms with Crippen LogP contribution in [0.5, 0.6) is 0 Å². The molecule has 1 aromatic heterocycles. The maximum absolute atomic E-state index is 13.3. The number of carbonyl (C=O) groups is 2. The van der Waals surface area contributed by atoms with Gasteiger partial charge in [0.15, 0.2) is 0 Å². The molecule has 1 atom stereocenters. The molecule has 0 radical (unpaired) electrons. The summed E-state index contributed by atoms with van der Waals surface area (Å²) < 4.78 is 1.83. The molecule has 5 rings (SSSR count). The highest BCUT2D eigenvalue weighted by molar-refractivity contribution is 6.20. The van der Waals surface area contributed by atoms with E-state index in [4.69, 9.17) is 4.99 Å². The number of anilines is 1. The number of likely N-dealkylation sites (N-methyl/N-ethyl adjacent to an activating group) is 1. The van der Waals surface area contributed by atoms with Gasteiger partial charge in [-0.2, -0.15) is 0 Å². The molecule has 0 spiro atoms. The lowest BCUT2D eigenvalue weighted by Crippen LogP contribution is -2.46. The predicted molar refractivity (Wildman–Crippen MR) is 126 cm³/mol. The Morgan fingerprint density at radius 1 is 0.906 bits per heavy atom. The molecule has 1 N–H and O–H groups in total. The molecule has 6 heteroatoms. The van der Waals surface area contributed by atoms with Crippen molar-refractivity contribution in [3.63, 3.8) is 0 Å². The van der Waals surface area contributed by atoms with Crippen LogP contribution in [0.2, 0.25) is 0 Å². The Balaban J connectivity index is 1.58. The number of carbonyl (C=O) groups excluding carboxylic acids is 2. The number of hydrogen-bond acceptors (Lipinski definition) is 3. The minimum absolute atomic E-state index is 0.296. The first-order valence-corrected chi connectivity index (χ1v) is 10.4. The monoisotopic (exact) mass is 422 g/mol. The zero-order chi connectivity index (χ0) is 22.2. The van der Waals surface area contributed by atoms with Gasteiger partial charge >= 0.3 is 0 Å². The topological polar surface area (TPSA) is 66.7 Å². The molecule has 0 saturated carbocycles. The second-order valence-electron chi connectivity index (χ2n) is 7.78. The van der Waals surface area contributed by atoms with Gasteiger partial charge in [0.1, 0.15) is 5.69 Å². The van der Waals surface area contributed by atoms with Crippen LogP contribution in [-0.4, -0.2) is 35.3 Å². The van der Waals surface area contributed by atoms with Crippen molar-refractivity contribution in [3.05, 3.63) is 102 Å². The molecule has 2 amide bonds. The van der Waals surface area contributed by atoms with Crippen LogP contribution in [0, 0.1) is 0 Å². The zero-order valence-corrected chi connectivity index (χ0v) is 17.8. The molecule has 1 aliphatic rings. The molecule has 0 aliphatic carbocycles. The van der Waals surface area contributed by atoms with Gasteiger partial charge in [0, 0.05) is 36.1 Å². The SMILES string of the molecule is CN1C(=O)[C@@H](NC(=O)c2cc3ccccc3n2C)N=C(c2ccccc2)c2ccccc21.